The molecule has 1 aliphatic heterocycles. The summed E-state index contributed by atoms with van der Waals surface area (Å²) >= 11 is 1.50. The van der Waals surface area contributed by atoms with Gasteiger partial charge in [-0.1, -0.05) is 24.3 Å². The number of alkyl carbamates (subject to hydrolysis) is 1. The predicted octanol–water partition coefficient (Wildman–Crippen LogP) is 4.83. The maximum atomic E-state index is 12.9. The van der Waals surface area contributed by atoms with Gasteiger partial charge in [-0.15, -0.1) is 0 Å². The number of Topliss-reactive ketones (excluding diaryl/α,β-unsaturated/α-hetero) is 1. The highest BCUT2D eigenvalue weighted by Gasteiger charge is 2.22. The van der Waals surface area contributed by atoms with Gasteiger partial charge in [-0.05, 0) is 50.7 Å². The second kappa shape index (κ2) is 12.3. The van der Waals surface area contributed by atoms with E-state index in [-0.39, 0.29) is 17.2 Å². The Morgan fingerprint density at radius 2 is 2.09 bits per heavy atom. The molecule has 1 aliphatic rings. The molecule has 1 unspecified atom stereocenters. The van der Waals surface area contributed by atoms with Crippen LogP contribution in [0.4, 0.5) is 9.93 Å². The van der Waals surface area contributed by atoms with Crippen molar-refractivity contribution in [3.63, 3.8) is 0 Å². The number of anilines is 1. The van der Waals surface area contributed by atoms with Gasteiger partial charge in [0.2, 0.25) is 0 Å². The number of allylic oxidation sites excluding steroid dienone is 2. The topological polar surface area (TPSA) is 122 Å². The molecule has 1 fully saturated rings. The lowest BCUT2D eigenvalue weighted by molar-refractivity contribution is 0.102. The summed E-state index contributed by atoms with van der Waals surface area (Å²) in [7, 11) is 1.27. The zero-order chi connectivity index (χ0) is 25.4. The van der Waals surface area contributed by atoms with E-state index < -0.39 is 23.3 Å². The number of thiazole rings is 1. The molecule has 3 rings (SSSR count). The van der Waals surface area contributed by atoms with E-state index in [2.05, 4.69) is 19.9 Å². The van der Waals surface area contributed by atoms with Crippen LogP contribution in [0.1, 0.15) is 72.9 Å². The lowest BCUT2D eigenvalue weighted by Crippen LogP contribution is -2.29. The van der Waals surface area contributed by atoms with E-state index in [1.54, 1.807) is 25.3 Å². The molecule has 0 bridgehead atoms. The van der Waals surface area contributed by atoms with Crippen LogP contribution < -0.4 is 15.8 Å². The Kier molecular flexibility index (Phi) is 9.25. The van der Waals surface area contributed by atoms with E-state index >= 15 is 0 Å². The third-order valence-corrected chi connectivity index (χ3v) is 6.79. The number of ether oxygens (including phenoxy) is 1. The van der Waals surface area contributed by atoms with Crippen molar-refractivity contribution >= 4 is 34.4 Å². The molecule has 0 saturated carbocycles. The van der Waals surface area contributed by atoms with Gasteiger partial charge in [0.1, 0.15) is 17.1 Å². The molecule has 35 heavy (non-hydrogen) atoms. The van der Waals surface area contributed by atoms with Crippen molar-refractivity contribution in [1.29, 1.82) is 0 Å². The number of hydrogen-bond donors (Lipinski definition) is 2. The fourth-order valence-electron chi connectivity index (χ4n) is 3.76. The first-order chi connectivity index (χ1) is 16.8. The summed E-state index contributed by atoms with van der Waals surface area (Å²) < 4.78 is 9.84. The summed E-state index contributed by atoms with van der Waals surface area (Å²) in [6.45, 7) is 5.41. The zero-order valence-electron chi connectivity index (χ0n) is 20.2. The standard InChI is InChI=1S/C25H31N3O6S/c1-16(9-5-6-10-26-25(32)33-3)20-14-19(29)21(23(31)34-20)22(30)17(2)13-18-15-27-24(35-18)28-11-7-4-8-12-28/h6,10,13-16,29H,4-5,7-9,11-12H2,1-3H3,(H,26,32)/b10-6+,17-13+. The van der Waals surface area contributed by atoms with Crippen LogP contribution in [0.5, 0.6) is 5.75 Å². The number of carbonyl (C=O) groups is 2. The highest BCUT2D eigenvalue weighted by molar-refractivity contribution is 7.16. The highest BCUT2D eigenvalue weighted by atomic mass is 32.1. The number of ketones is 1. The monoisotopic (exact) mass is 501 g/mol. The van der Waals surface area contributed by atoms with Gasteiger partial charge in [-0.3, -0.25) is 10.1 Å². The molecule has 2 N–H and O–H groups in total. The first kappa shape index (κ1) is 26.2. The summed E-state index contributed by atoms with van der Waals surface area (Å²) in [5.74, 6) is -0.890. The molecular weight excluding hydrogens is 470 g/mol. The predicted molar refractivity (Wildman–Crippen MR) is 135 cm³/mol. The fraction of sp³-hybridized carbons (Fsp3) is 0.440. The maximum Gasteiger partial charge on any atom is 0.410 e. The van der Waals surface area contributed by atoms with E-state index in [0.29, 0.717) is 18.4 Å². The first-order valence-corrected chi connectivity index (χ1v) is 12.4. The van der Waals surface area contributed by atoms with E-state index in [1.165, 1.54) is 37.1 Å². The summed E-state index contributed by atoms with van der Waals surface area (Å²) in [6, 6.07) is 1.32. The van der Waals surface area contributed by atoms with Gasteiger partial charge >= 0.3 is 11.7 Å². The molecule has 188 valence electrons. The second-order valence-electron chi connectivity index (χ2n) is 8.46. The molecule has 1 saturated heterocycles. The molecule has 9 nitrogen and oxygen atoms in total. The molecule has 2 aromatic rings. The molecule has 1 atom stereocenters. The molecule has 1 amide bonds. The van der Waals surface area contributed by atoms with Crippen molar-refractivity contribution in [2.45, 2.75) is 51.9 Å². The van der Waals surface area contributed by atoms with Crippen LogP contribution in [-0.4, -0.2) is 42.2 Å². The quantitative estimate of drug-likeness (QED) is 0.370. The van der Waals surface area contributed by atoms with Crippen LogP contribution in [0, 0.1) is 0 Å². The molecule has 0 aromatic carbocycles. The zero-order valence-corrected chi connectivity index (χ0v) is 21.0. The Morgan fingerprint density at radius 1 is 1.34 bits per heavy atom. The summed E-state index contributed by atoms with van der Waals surface area (Å²) in [4.78, 5) is 44.1. The average molecular weight is 502 g/mol. The Labute approximate surface area is 208 Å². The highest BCUT2D eigenvalue weighted by Crippen LogP contribution is 2.29. The molecule has 0 aliphatic carbocycles. The van der Waals surface area contributed by atoms with E-state index in [4.69, 9.17) is 4.42 Å². The molecule has 0 radical (unpaired) electrons. The van der Waals surface area contributed by atoms with Crippen LogP contribution in [0.25, 0.3) is 6.08 Å². The summed E-state index contributed by atoms with van der Waals surface area (Å²) in [6.07, 6.45) is 10.8. The van der Waals surface area contributed by atoms with Crippen molar-refractivity contribution in [3.05, 3.63) is 56.7 Å². The maximum absolute atomic E-state index is 12.9. The Balaban J connectivity index is 1.67. The molecule has 0 spiro atoms. The lowest BCUT2D eigenvalue weighted by atomic mass is 10.00. The fourth-order valence-corrected chi connectivity index (χ4v) is 4.73. The van der Waals surface area contributed by atoms with Gasteiger partial charge in [-0.25, -0.2) is 14.6 Å². The number of piperidine rings is 1. The van der Waals surface area contributed by atoms with Crippen LogP contribution in [-0.2, 0) is 4.74 Å². The van der Waals surface area contributed by atoms with Gasteiger partial charge < -0.3 is 19.2 Å². The minimum Gasteiger partial charge on any atom is -0.507 e. The number of carbonyl (C=O) groups excluding carboxylic acids is 2. The van der Waals surface area contributed by atoms with Gasteiger partial charge in [-0.2, -0.15) is 0 Å². The van der Waals surface area contributed by atoms with Crippen LogP contribution in [0.3, 0.4) is 0 Å². The van der Waals surface area contributed by atoms with Crippen LogP contribution in [0.15, 0.2) is 39.3 Å². The Morgan fingerprint density at radius 3 is 2.77 bits per heavy atom. The van der Waals surface area contributed by atoms with Crippen molar-refractivity contribution in [2.24, 2.45) is 0 Å². The number of aromatic nitrogens is 1. The minimum absolute atomic E-state index is 0.192. The third-order valence-electron chi connectivity index (χ3n) is 5.79. The van der Waals surface area contributed by atoms with E-state index in [1.807, 2.05) is 6.92 Å². The summed E-state index contributed by atoms with van der Waals surface area (Å²) in [5, 5.41) is 13.8. The van der Waals surface area contributed by atoms with Gasteiger partial charge in [0, 0.05) is 42.3 Å². The molecular formula is C25H31N3O6S. The van der Waals surface area contributed by atoms with Crippen LogP contribution >= 0.6 is 11.3 Å². The van der Waals surface area contributed by atoms with Gasteiger partial charge in [0.15, 0.2) is 10.9 Å². The molecule has 2 aromatic heterocycles. The number of nitrogens with zero attached hydrogens (tertiary/aromatic N) is 2. The molecule has 10 heteroatoms. The number of nitrogens with one attached hydrogen (secondary N) is 1. The normalized spacial score (nSPS) is 15.3. The van der Waals surface area contributed by atoms with Crippen molar-refractivity contribution in [2.75, 3.05) is 25.1 Å². The number of amides is 1. The number of aromatic hydroxyl groups is 1. The number of methoxy groups -OCH3 is 1. The second-order valence-corrected chi connectivity index (χ2v) is 9.50. The van der Waals surface area contributed by atoms with Gasteiger partial charge in [0.05, 0.1) is 7.11 Å². The van der Waals surface area contributed by atoms with Crippen LogP contribution in [0.2, 0.25) is 0 Å². The smallest absolute Gasteiger partial charge is 0.410 e. The van der Waals surface area contributed by atoms with Crippen molar-refractivity contribution in [3.8, 4) is 5.75 Å². The number of hydrogen-bond acceptors (Lipinski definition) is 9. The van der Waals surface area contributed by atoms with Crippen molar-refractivity contribution in [1.82, 2.24) is 10.3 Å². The van der Waals surface area contributed by atoms with Gasteiger partial charge in [0.25, 0.3) is 0 Å². The average Bonchev–Trinajstić information content (AvgIpc) is 3.31. The first-order valence-electron chi connectivity index (χ1n) is 11.6. The van der Waals surface area contributed by atoms with E-state index in [9.17, 15) is 19.5 Å². The SMILES string of the molecule is COC(=O)N/C=C/CCC(C)c1cc(O)c(C(=O)/C(C)=C/c2cnc(N3CCCCC3)s2)c(=O)o1. The van der Waals surface area contributed by atoms with Crippen molar-refractivity contribution < 1.29 is 23.8 Å². The van der Waals surface area contributed by atoms with E-state index in [0.717, 1.165) is 35.9 Å². The largest absolute Gasteiger partial charge is 0.507 e. The third kappa shape index (κ3) is 7.05. The minimum atomic E-state index is -0.870. The number of rotatable bonds is 9. The Bertz CT molecular complexity index is 1160. The molecule has 3 heterocycles. The Hall–Kier alpha value is -3.40. The summed E-state index contributed by atoms with van der Waals surface area (Å²) in [5.41, 5.74) is -0.936. The lowest BCUT2D eigenvalue weighted by Gasteiger charge is -2.25.